The number of hydrogen-bond acceptors (Lipinski definition) is 6. The molecule has 0 saturated heterocycles. The van der Waals surface area contributed by atoms with Gasteiger partial charge in [0.1, 0.15) is 10.8 Å². The number of carbonyl (C=O) groups excluding carboxylic acids is 1. The largest absolute Gasteiger partial charge is 0.497 e. The van der Waals surface area contributed by atoms with Crippen LogP contribution in [0.4, 0.5) is 0 Å². The average molecular weight is 307 g/mol. The Kier molecular flexibility index (Phi) is 5.21. The fourth-order valence-corrected chi connectivity index (χ4v) is 2.60. The Morgan fingerprint density at radius 3 is 2.57 bits per heavy atom. The third-order valence-electron chi connectivity index (χ3n) is 2.84. The molecule has 0 spiro atoms. The molecule has 0 aliphatic carbocycles. The second-order valence-corrected chi connectivity index (χ2v) is 5.43. The van der Waals surface area contributed by atoms with Crippen molar-refractivity contribution in [2.24, 2.45) is 0 Å². The smallest absolute Gasteiger partial charge is 0.361 e. The summed E-state index contributed by atoms with van der Waals surface area (Å²) >= 11 is 1.52. The van der Waals surface area contributed by atoms with Crippen LogP contribution in [0.3, 0.4) is 0 Å². The first-order valence-electron chi connectivity index (χ1n) is 6.47. The molecule has 0 saturated carbocycles. The molecule has 0 radical (unpaired) electrons. The molecule has 0 N–H and O–H groups in total. The van der Waals surface area contributed by atoms with Gasteiger partial charge < -0.3 is 9.47 Å². The Labute approximate surface area is 127 Å². The minimum atomic E-state index is -0.466. The van der Waals surface area contributed by atoms with Crippen LogP contribution in [0.1, 0.15) is 23.0 Å². The van der Waals surface area contributed by atoms with Gasteiger partial charge in [-0.25, -0.2) is 9.48 Å². The average Bonchev–Trinajstić information content (AvgIpc) is 2.90. The first-order valence-corrected chi connectivity index (χ1v) is 7.45. The van der Waals surface area contributed by atoms with Crippen molar-refractivity contribution in [1.29, 1.82) is 0 Å². The van der Waals surface area contributed by atoms with Crippen molar-refractivity contribution < 1.29 is 14.3 Å². The quantitative estimate of drug-likeness (QED) is 0.602. The summed E-state index contributed by atoms with van der Waals surface area (Å²) < 4.78 is 11.6. The summed E-state index contributed by atoms with van der Waals surface area (Å²) in [4.78, 5) is 11.7. The minimum Gasteiger partial charge on any atom is -0.497 e. The maximum Gasteiger partial charge on any atom is 0.361 e. The van der Waals surface area contributed by atoms with Gasteiger partial charge in [0.2, 0.25) is 5.69 Å². The zero-order valence-electron chi connectivity index (χ0n) is 12.2. The molecule has 21 heavy (non-hydrogen) atoms. The number of esters is 1. The first kappa shape index (κ1) is 15.4. The molecule has 0 bridgehead atoms. The maximum atomic E-state index is 11.7. The number of thioether (sulfide) groups is 1. The molecule has 6 nitrogen and oxygen atoms in total. The van der Waals surface area contributed by atoms with Crippen LogP contribution in [0.5, 0.6) is 5.75 Å². The van der Waals surface area contributed by atoms with Gasteiger partial charge in [0.05, 0.1) is 20.8 Å². The van der Waals surface area contributed by atoms with Crippen LogP contribution in [-0.2, 0) is 11.3 Å². The van der Waals surface area contributed by atoms with E-state index in [2.05, 4.69) is 10.3 Å². The lowest BCUT2D eigenvalue weighted by molar-refractivity contribution is 0.0589. The van der Waals surface area contributed by atoms with Crippen molar-refractivity contribution in [3.63, 3.8) is 0 Å². The second kappa shape index (κ2) is 7.12. The van der Waals surface area contributed by atoms with E-state index < -0.39 is 5.97 Å². The van der Waals surface area contributed by atoms with E-state index in [9.17, 15) is 4.79 Å². The predicted octanol–water partition coefficient (Wildman–Crippen LogP) is 2.23. The fraction of sp³-hybridized carbons (Fsp3) is 0.357. The highest BCUT2D eigenvalue weighted by Crippen LogP contribution is 2.22. The monoisotopic (exact) mass is 307 g/mol. The zero-order chi connectivity index (χ0) is 15.2. The SMILES string of the molecule is CCSc1c(C(=O)OC)nnn1Cc1ccc(OC)cc1. The van der Waals surface area contributed by atoms with Gasteiger partial charge in [-0.15, -0.1) is 16.9 Å². The lowest BCUT2D eigenvalue weighted by Gasteiger charge is -2.07. The van der Waals surface area contributed by atoms with E-state index in [1.165, 1.54) is 18.9 Å². The maximum absolute atomic E-state index is 11.7. The molecule has 0 atom stereocenters. The Hall–Kier alpha value is -2.02. The van der Waals surface area contributed by atoms with E-state index in [-0.39, 0.29) is 5.69 Å². The normalized spacial score (nSPS) is 10.4. The number of benzene rings is 1. The molecule has 7 heteroatoms. The van der Waals surface area contributed by atoms with Crippen LogP contribution in [0, 0.1) is 0 Å². The second-order valence-electron chi connectivity index (χ2n) is 4.17. The van der Waals surface area contributed by atoms with Gasteiger partial charge in [-0.05, 0) is 23.4 Å². The highest BCUT2D eigenvalue weighted by molar-refractivity contribution is 7.99. The Bertz CT molecular complexity index is 610. The molecule has 0 fully saturated rings. The molecule has 1 aromatic carbocycles. The molecule has 2 aromatic rings. The molecule has 2 rings (SSSR count). The molecular weight excluding hydrogens is 290 g/mol. The number of ether oxygens (including phenoxy) is 2. The minimum absolute atomic E-state index is 0.262. The topological polar surface area (TPSA) is 66.2 Å². The van der Waals surface area contributed by atoms with Gasteiger partial charge in [0.15, 0.2) is 0 Å². The number of carbonyl (C=O) groups is 1. The number of rotatable bonds is 6. The number of aromatic nitrogens is 3. The molecule has 1 aromatic heterocycles. The summed E-state index contributed by atoms with van der Waals surface area (Å²) in [5.41, 5.74) is 1.31. The third-order valence-corrected chi connectivity index (χ3v) is 3.81. The Morgan fingerprint density at radius 2 is 2.00 bits per heavy atom. The molecule has 0 unspecified atom stereocenters. The van der Waals surface area contributed by atoms with Crippen molar-refractivity contribution in [2.45, 2.75) is 18.5 Å². The van der Waals surface area contributed by atoms with E-state index in [0.717, 1.165) is 22.1 Å². The van der Waals surface area contributed by atoms with Gasteiger partial charge in [-0.2, -0.15) is 0 Å². The van der Waals surface area contributed by atoms with Crippen LogP contribution >= 0.6 is 11.8 Å². The highest BCUT2D eigenvalue weighted by atomic mass is 32.2. The van der Waals surface area contributed by atoms with Crippen molar-refractivity contribution in [1.82, 2.24) is 15.0 Å². The van der Waals surface area contributed by atoms with E-state index in [4.69, 9.17) is 9.47 Å². The lowest BCUT2D eigenvalue weighted by Crippen LogP contribution is -2.07. The zero-order valence-corrected chi connectivity index (χ0v) is 13.0. The van der Waals surface area contributed by atoms with Crippen LogP contribution in [0.2, 0.25) is 0 Å². The number of hydrogen-bond donors (Lipinski definition) is 0. The molecule has 112 valence electrons. The van der Waals surface area contributed by atoms with Crippen LogP contribution < -0.4 is 4.74 Å². The van der Waals surface area contributed by atoms with E-state index >= 15 is 0 Å². The fourth-order valence-electron chi connectivity index (χ4n) is 1.82. The molecule has 0 aliphatic heterocycles. The lowest BCUT2D eigenvalue weighted by atomic mass is 10.2. The summed E-state index contributed by atoms with van der Waals surface area (Å²) in [5, 5.41) is 8.71. The Morgan fingerprint density at radius 1 is 1.29 bits per heavy atom. The van der Waals surface area contributed by atoms with E-state index in [1.54, 1.807) is 11.8 Å². The van der Waals surface area contributed by atoms with E-state index in [0.29, 0.717) is 6.54 Å². The molecule has 0 aliphatic rings. The summed E-state index contributed by atoms with van der Waals surface area (Å²) in [6.07, 6.45) is 0. The summed E-state index contributed by atoms with van der Waals surface area (Å²) in [6.45, 7) is 2.55. The number of methoxy groups -OCH3 is 2. The van der Waals surface area contributed by atoms with Crippen molar-refractivity contribution in [3.05, 3.63) is 35.5 Å². The van der Waals surface area contributed by atoms with Gasteiger partial charge in [-0.1, -0.05) is 24.3 Å². The van der Waals surface area contributed by atoms with Gasteiger partial charge in [-0.3, -0.25) is 0 Å². The molecule has 0 amide bonds. The van der Waals surface area contributed by atoms with Crippen molar-refractivity contribution >= 4 is 17.7 Å². The standard InChI is InChI=1S/C14H17N3O3S/c1-4-21-13-12(14(18)20-3)15-16-17(13)9-10-5-7-11(19-2)8-6-10/h5-8H,4,9H2,1-3H3. The van der Waals surface area contributed by atoms with Crippen LogP contribution in [-0.4, -0.2) is 40.9 Å². The van der Waals surface area contributed by atoms with Crippen LogP contribution in [0.15, 0.2) is 29.3 Å². The number of nitrogens with zero attached hydrogens (tertiary/aromatic N) is 3. The van der Waals surface area contributed by atoms with Gasteiger partial charge in [0.25, 0.3) is 0 Å². The summed E-state index contributed by atoms with van der Waals surface area (Å²) in [6, 6.07) is 7.69. The molecular formula is C14H17N3O3S. The van der Waals surface area contributed by atoms with Crippen molar-refractivity contribution in [2.75, 3.05) is 20.0 Å². The molecule has 1 heterocycles. The third kappa shape index (κ3) is 3.55. The summed E-state index contributed by atoms with van der Waals surface area (Å²) in [7, 11) is 2.97. The predicted molar refractivity (Wildman–Crippen MR) is 79.9 cm³/mol. The first-order chi connectivity index (χ1) is 10.2. The highest BCUT2D eigenvalue weighted by Gasteiger charge is 2.20. The summed E-state index contributed by atoms with van der Waals surface area (Å²) in [5.74, 6) is 1.16. The van der Waals surface area contributed by atoms with Crippen LogP contribution in [0.25, 0.3) is 0 Å². The van der Waals surface area contributed by atoms with E-state index in [1.807, 2.05) is 31.2 Å². The van der Waals surface area contributed by atoms with Gasteiger partial charge in [0, 0.05) is 0 Å². The van der Waals surface area contributed by atoms with Gasteiger partial charge >= 0.3 is 5.97 Å². The van der Waals surface area contributed by atoms with Crippen molar-refractivity contribution in [3.8, 4) is 5.75 Å². The Balaban J connectivity index is 2.25.